The number of carbonyl (C=O) groups is 1. The van der Waals surface area contributed by atoms with Crippen LogP contribution in [0.5, 0.6) is 0 Å². The van der Waals surface area contributed by atoms with Gasteiger partial charge in [0.25, 0.3) is 5.56 Å². The molecule has 0 bridgehead atoms. The van der Waals surface area contributed by atoms with Crippen molar-refractivity contribution in [2.75, 3.05) is 0 Å². The van der Waals surface area contributed by atoms with E-state index in [1.165, 1.54) is 17.8 Å². The quantitative estimate of drug-likeness (QED) is 0.585. The van der Waals surface area contributed by atoms with Crippen molar-refractivity contribution in [2.24, 2.45) is 0 Å². The number of hydrogen-bond donors (Lipinski definition) is 2. The molecule has 0 aliphatic rings. The highest BCUT2D eigenvalue weighted by atomic mass is 32.2. The van der Waals surface area contributed by atoms with Gasteiger partial charge in [-0.1, -0.05) is 32.0 Å². The fraction of sp³-hybridized carbons (Fsp3) is 0.583. The number of H-pyrrole nitrogens is 1. The third-order valence-electron chi connectivity index (χ3n) is 2.42. The van der Waals surface area contributed by atoms with Crippen molar-refractivity contribution < 1.29 is 9.90 Å². The Balaban J connectivity index is 2.81. The second kappa shape index (κ2) is 7.20. The molecule has 0 aliphatic heterocycles. The van der Waals surface area contributed by atoms with Gasteiger partial charge in [-0.15, -0.1) is 0 Å². The fourth-order valence-electron chi connectivity index (χ4n) is 1.55. The zero-order valence-corrected chi connectivity index (χ0v) is 11.4. The molecule has 0 saturated heterocycles. The van der Waals surface area contributed by atoms with Gasteiger partial charge in [-0.05, 0) is 12.8 Å². The zero-order valence-electron chi connectivity index (χ0n) is 10.6. The summed E-state index contributed by atoms with van der Waals surface area (Å²) in [6.07, 6.45) is 2.47. The largest absolute Gasteiger partial charge is 0.481 e. The lowest BCUT2D eigenvalue weighted by Crippen LogP contribution is -2.14. The number of thioether (sulfide) groups is 1. The third-order valence-corrected chi connectivity index (χ3v) is 3.67. The van der Waals surface area contributed by atoms with E-state index in [4.69, 9.17) is 5.11 Å². The van der Waals surface area contributed by atoms with Gasteiger partial charge in [-0.2, -0.15) is 0 Å². The number of rotatable bonds is 7. The molecule has 1 rings (SSSR count). The highest BCUT2D eigenvalue weighted by Crippen LogP contribution is 2.24. The molecule has 18 heavy (non-hydrogen) atoms. The molecule has 1 atom stereocenters. The Hall–Kier alpha value is -1.30. The molecule has 0 saturated carbocycles. The Bertz CT molecular complexity index is 459. The monoisotopic (exact) mass is 270 g/mol. The molecule has 100 valence electrons. The van der Waals surface area contributed by atoms with E-state index in [-0.39, 0.29) is 17.2 Å². The number of aryl methyl sites for hydroxylation is 1. The van der Waals surface area contributed by atoms with Crippen LogP contribution in [0.3, 0.4) is 0 Å². The molecule has 2 N–H and O–H groups in total. The van der Waals surface area contributed by atoms with Gasteiger partial charge < -0.3 is 10.1 Å². The SMILES string of the molecule is CCCc1cc(=O)[nH]c(SC(CC)CC(=O)O)n1. The van der Waals surface area contributed by atoms with Gasteiger partial charge in [0.05, 0.1) is 6.42 Å². The highest BCUT2D eigenvalue weighted by molar-refractivity contribution is 7.99. The summed E-state index contributed by atoms with van der Waals surface area (Å²) in [4.78, 5) is 29.1. The van der Waals surface area contributed by atoms with Crippen LogP contribution >= 0.6 is 11.8 Å². The number of nitrogens with one attached hydrogen (secondary N) is 1. The average Bonchev–Trinajstić information content (AvgIpc) is 2.27. The molecule has 6 heteroatoms. The van der Waals surface area contributed by atoms with E-state index in [0.29, 0.717) is 5.16 Å². The van der Waals surface area contributed by atoms with Crippen LogP contribution in [0.15, 0.2) is 16.0 Å². The van der Waals surface area contributed by atoms with E-state index in [2.05, 4.69) is 9.97 Å². The normalized spacial score (nSPS) is 12.3. The predicted molar refractivity (Wildman–Crippen MR) is 71.0 cm³/mol. The maximum atomic E-state index is 11.5. The van der Waals surface area contributed by atoms with Gasteiger partial charge in [0.15, 0.2) is 5.16 Å². The number of carboxylic acids is 1. The number of nitrogens with zero attached hydrogens (tertiary/aromatic N) is 1. The van der Waals surface area contributed by atoms with Gasteiger partial charge >= 0.3 is 5.97 Å². The van der Waals surface area contributed by atoms with Crippen LogP contribution in [-0.2, 0) is 11.2 Å². The minimum absolute atomic E-state index is 0.0671. The highest BCUT2D eigenvalue weighted by Gasteiger charge is 2.14. The first-order valence-corrected chi connectivity index (χ1v) is 6.91. The van der Waals surface area contributed by atoms with E-state index >= 15 is 0 Å². The molecule has 5 nitrogen and oxygen atoms in total. The van der Waals surface area contributed by atoms with E-state index in [9.17, 15) is 9.59 Å². The van der Waals surface area contributed by atoms with E-state index in [0.717, 1.165) is 25.0 Å². The lowest BCUT2D eigenvalue weighted by molar-refractivity contribution is -0.136. The van der Waals surface area contributed by atoms with Crippen molar-refractivity contribution in [3.05, 3.63) is 22.1 Å². The summed E-state index contributed by atoms with van der Waals surface area (Å²) >= 11 is 1.32. The maximum Gasteiger partial charge on any atom is 0.304 e. The Labute approximate surface area is 110 Å². The molecular formula is C12H18N2O3S. The first kappa shape index (κ1) is 14.8. The number of aromatic amines is 1. The van der Waals surface area contributed by atoms with Crippen LogP contribution in [0.25, 0.3) is 0 Å². The number of hydrogen-bond acceptors (Lipinski definition) is 4. The van der Waals surface area contributed by atoms with Crippen molar-refractivity contribution in [3.8, 4) is 0 Å². The summed E-state index contributed by atoms with van der Waals surface area (Å²) in [5, 5.41) is 9.23. The minimum atomic E-state index is -0.832. The molecule has 1 heterocycles. The van der Waals surface area contributed by atoms with Crippen molar-refractivity contribution in [1.82, 2.24) is 9.97 Å². The maximum absolute atomic E-state index is 11.5. The lowest BCUT2D eigenvalue weighted by atomic mass is 10.2. The molecule has 1 aromatic rings. The number of aromatic nitrogens is 2. The Kier molecular flexibility index (Phi) is 5.91. The standard InChI is InChI=1S/C12H18N2O3S/c1-3-5-8-6-10(15)14-12(13-8)18-9(4-2)7-11(16)17/h6,9H,3-5,7H2,1-2H3,(H,16,17)(H,13,14,15). The van der Waals surface area contributed by atoms with Crippen molar-refractivity contribution in [3.63, 3.8) is 0 Å². The van der Waals surface area contributed by atoms with Gasteiger partial charge in [0.1, 0.15) is 0 Å². The Morgan fingerprint density at radius 3 is 2.83 bits per heavy atom. The summed E-state index contributed by atoms with van der Waals surface area (Å²) in [6.45, 7) is 3.95. The molecule has 1 unspecified atom stereocenters. The van der Waals surface area contributed by atoms with Crippen LogP contribution in [-0.4, -0.2) is 26.3 Å². The zero-order chi connectivity index (χ0) is 13.5. The van der Waals surface area contributed by atoms with Gasteiger partial charge in [0, 0.05) is 17.0 Å². The molecule has 1 aromatic heterocycles. The molecular weight excluding hydrogens is 252 g/mol. The molecule has 0 radical (unpaired) electrons. The summed E-state index contributed by atoms with van der Waals surface area (Å²) in [5.74, 6) is -0.832. The van der Waals surface area contributed by atoms with E-state index in [1.54, 1.807) is 0 Å². The molecule has 0 spiro atoms. The van der Waals surface area contributed by atoms with Crippen LogP contribution in [0.2, 0.25) is 0 Å². The summed E-state index contributed by atoms with van der Waals surface area (Å²) in [6, 6.07) is 1.49. The molecule has 0 aliphatic carbocycles. The van der Waals surface area contributed by atoms with E-state index < -0.39 is 5.97 Å². The molecule has 0 amide bonds. The van der Waals surface area contributed by atoms with Crippen molar-refractivity contribution in [2.45, 2.75) is 49.9 Å². The molecule has 0 aromatic carbocycles. The fourth-order valence-corrected chi connectivity index (χ4v) is 2.58. The van der Waals surface area contributed by atoms with E-state index in [1.807, 2.05) is 13.8 Å². The first-order chi connectivity index (χ1) is 8.55. The summed E-state index contributed by atoms with van der Waals surface area (Å²) in [7, 11) is 0. The van der Waals surface area contributed by atoms with Crippen molar-refractivity contribution in [1.29, 1.82) is 0 Å². The van der Waals surface area contributed by atoms with Gasteiger partial charge in [-0.25, -0.2) is 4.98 Å². The van der Waals surface area contributed by atoms with Gasteiger partial charge in [-0.3, -0.25) is 9.59 Å². The molecule has 0 fully saturated rings. The predicted octanol–water partition coefficient (Wildman–Crippen LogP) is 2.07. The minimum Gasteiger partial charge on any atom is -0.481 e. The number of aliphatic carboxylic acids is 1. The number of carboxylic acid groups (broad SMARTS) is 1. The average molecular weight is 270 g/mol. The van der Waals surface area contributed by atoms with Crippen LogP contribution in [0, 0.1) is 0 Å². The first-order valence-electron chi connectivity index (χ1n) is 6.03. The summed E-state index contributed by atoms with van der Waals surface area (Å²) < 4.78 is 0. The smallest absolute Gasteiger partial charge is 0.304 e. The summed E-state index contributed by atoms with van der Waals surface area (Å²) in [5.41, 5.74) is 0.579. The van der Waals surface area contributed by atoms with Crippen LogP contribution in [0.1, 0.15) is 38.8 Å². The Morgan fingerprint density at radius 1 is 1.56 bits per heavy atom. The van der Waals surface area contributed by atoms with Crippen LogP contribution in [0.4, 0.5) is 0 Å². The lowest BCUT2D eigenvalue weighted by Gasteiger charge is -2.11. The topological polar surface area (TPSA) is 83.0 Å². The second-order valence-corrected chi connectivity index (χ2v) is 5.33. The Morgan fingerprint density at radius 2 is 2.28 bits per heavy atom. The van der Waals surface area contributed by atoms with Crippen molar-refractivity contribution >= 4 is 17.7 Å². The van der Waals surface area contributed by atoms with Gasteiger partial charge in [0.2, 0.25) is 0 Å². The van der Waals surface area contributed by atoms with Crippen LogP contribution < -0.4 is 5.56 Å². The third kappa shape index (κ3) is 4.91. The second-order valence-electron chi connectivity index (χ2n) is 4.04.